The first-order chi connectivity index (χ1) is 18.0. The number of benzene rings is 2. The van der Waals surface area contributed by atoms with Gasteiger partial charge in [-0.3, -0.25) is 4.79 Å². The van der Waals surface area contributed by atoms with Gasteiger partial charge < -0.3 is 20.3 Å². The van der Waals surface area contributed by atoms with E-state index in [0.717, 1.165) is 66.1 Å². The number of likely N-dealkylation sites (N-methyl/N-ethyl adjacent to an activating group) is 1. The molecule has 2 aromatic heterocycles. The number of fused-ring (bicyclic) bond motifs is 1. The number of likely N-dealkylation sites (tertiary alicyclic amines) is 1. The van der Waals surface area contributed by atoms with Crippen LogP contribution in [0.25, 0.3) is 22.3 Å². The lowest BCUT2D eigenvalue weighted by atomic mass is 10.0. The lowest BCUT2D eigenvalue weighted by Crippen LogP contribution is -2.39. The molecule has 0 radical (unpaired) electrons. The van der Waals surface area contributed by atoms with E-state index in [4.69, 9.17) is 15.6 Å². The number of nitrogen functional groups attached to an aromatic ring is 1. The normalized spacial score (nSPS) is 16.4. The average molecular weight is 498 g/mol. The quantitative estimate of drug-likeness (QED) is 0.286. The molecule has 3 heterocycles. The number of anilines is 1. The van der Waals surface area contributed by atoms with Crippen LogP contribution in [0.3, 0.4) is 0 Å². The summed E-state index contributed by atoms with van der Waals surface area (Å²) in [5, 5.41) is 5.77. The van der Waals surface area contributed by atoms with E-state index in [-0.39, 0.29) is 6.04 Å². The molecule has 190 valence electrons. The van der Waals surface area contributed by atoms with Gasteiger partial charge in [0.05, 0.1) is 11.4 Å². The summed E-state index contributed by atoms with van der Waals surface area (Å²) in [5.74, 6) is 1.92. The Balaban J connectivity index is 1.47. The van der Waals surface area contributed by atoms with Crippen LogP contribution in [0.5, 0.6) is 11.5 Å². The molecule has 1 aliphatic heterocycles. The van der Waals surface area contributed by atoms with Gasteiger partial charge in [0.2, 0.25) is 0 Å². The first-order valence-corrected chi connectivity index (χ1v) is 12.4. The number of nitrogens with zero attached hydrogens (tertiary/aromatic N) is 6. The molecule has 0 amide bonds. The van der Waals surface area contributed by atoms with E-state index < -0.39 is 0 Å². The van der Waals surface area contributed by atoms with Gasteiger partial charge >= 0.3 is 0 Å². The maximum absolute atomic E-state index is 11.3. The Hall–Kier alpha value is -4.24. The Labute approximate surface area is 216 Å². The predicted molar refractivity (Wildman–Crippen MR) is 144 cm³/mol. The van der Waals surface area contributed by atoms with Gasteiger partial charge in [0.15, 0.2) is 5.65 Å². The van der Waals surface area contributed by atoms with E-state index >= 15 is 0 Å². The van der Waals surface area contributed by atoms with E-state index in [1.807, 2.05) is 73.4 Å². The SMILES string of the molecule is CN(C)C/C(=C/C=O)N1CCCC(n2nc(-c3ccc(Oc4ccccc4)cc3)c3c(N)ncnc32)C1. The Bertz CT molecular complexity index is 1400. The molecule has 0 saturated carbocycles. The highest BCUT2D eigenvalue weighted by Crippen LogP contribution is 2.35. The molecule has 1 saturated heterocycles. The molecule has 1 fully saturated rings. The Morgan fingerprint density at radius 1 is 1.11 bits per heavy atom. The van der Waals surface area contributed by atoms with Gasteiger partial charge in [-0.25, -0.2) is 14.6 Å². The third-order valence-corrected chi connectivity index (χ3v) is 6.51. The number of para-hydroxylation sites is 1. The number of nitrogens with two attached hydrogens (primary N) is 1. The van der Waals surface area contributed by atoms with Crippen LogP contribution in [-0.2, 0) is 4.79 Å². The van der Waals surface area contributed by atoms with Crippen LogP contribution in [0.2, 0.25) is 0 Å². The second-order valence-corrected chi connectivity index (χ2v) is 9.46. The number of carbonyl (C=O) groups excluding carboxylic acids is 1. The maximum atomic E-state index is 11.3. The van der Waals surface area contributed by atoms with E-state index in [9.17, 15) is 4.79 Å². The summed E-state index contributed by atoms with van der Waals surface area (Å²) in [5.41, 5.74) is 9.72. The fraction of sp³-hybridized carbons (Fsp3) is 0.286. The van der Waals surface area contributed by atoms with Crippen molar-refractivity contribution in [1.29, 1.82) is 0 Å². The highest BCUT2D eigenvalue weighted by molar-refractivity contribution is 5.98. The number of hydrogen-bond donors (Lipinski definition) is 1. The van der Waals surface area contributed by atoms with Crippen LogP contribution in [0.4, 0.5) is 5.82 Å². The molecular formula is C28H31N7O2. The molecule has 0 bridgehead atoms. The molecule has 2 N–H and O–H groups in total. The van der Waals surface area contributed by atoms with Gasteiger partial charge in [0, 0.05) is 30.9 Å². The summed E-state index contributed by atoms with van der Waals surface area (Å²) >= 11 is 0. The van der Waals surface area contributed by atoms with Crippen LogP contribution >= 0.6 is 0 Å². The van der Waals surface area contributed by atoms with Gasteiger partial charge in [-0.2, -0.15) is 5.10 Å². The summed E-state index contributed by atoms with van der Waals surface area (Å²) < 4.78 is 7.93. The molecule has 0 aliphatic carbocycles. The number of piperidine rings is 1. The standard InChI is InChI=1S/C28H31N7O2/c1-33(2)17-21(14-16-36)34-15-6-7-22(18-34)35-28-25(27(29)30-19-31-28)26(32-35)20-10-12-24(13-11-20)37-23-8-4-3-5-9-23/h3-5,8-14,16,19,22H,6-7,15,17-18H2,1-2H3,(H2,29,30,31)/b21-14-. The molecule has 5 rings (SSSR count). The van der Waals surface area contributed by atoms with Crippen LogP contribution < -0.4 is 10.5 Å². The lowest BCUT2D eigenvalue weighted by Gasteiger charge is -2.36. The van der Waals surface area contributed by atoms with Crippen molar-refractivity contribution in [1.82, 2.24) is 29.5 Å². The molecular weight excluding hydrogens is 466 g/mol. The predicted octanol–water partition coefficient (Wildman–Crippen LogP) is 4.15. The molecule has 2 aromatic carbocycles. The first kappa shape index (κ1) is 24.5. The third-order valence-electron chi connectivity index (χ3n) is 6.51. The van der Waals surface area contributed by atoms with Gasteiger partial charge in [-0.05, 0) is 69.4 Å². The second kappa shape index (κ2) is 10.8. The highest BCUT2D eigenvalue weighted by atomic mass is 16.5. The fourth-order valence-corrected chi connectivity index (χ4v) is 4.83. The van der Waals surface area contributed by atoms with Crippen molar-refractivity contribution in [3.05, 3.63) is 72.7 Å². The van der Waals surface area contributed by atoms with Crippen LogP contribution in [0, 0.1) is 0 Å². The minimum Gasteiger partial charge on any atom is -0.457 e. The van der Waals surface area contributed by atoms with Crippen molar-refractivity contribution in [2.45, 2.75) is 18.9 Å². The van der Waals surface area contributed by atoms with E-state index in [1.165, 1.54) is 6.33 Å². The first-order valence-electron chi connectivity index (χ1n) is 12.4. The summed E-state index contributed by atoms with van der Waals surface area (Å²) in [4.78, 5) is 24.5. The zero-order chi connectivity index (χ0) is 25.8. The van der Waals surface area contributed by atoms with Crippen molar-refractivity contribution in [2.24, 2.45) is 0 Å². The highest BCUT2D eigenvalue weighted by Gasteiger charge is 2.27. The summed E-state index contributed by atoms with van der Waals surface area (Å²) in [6, 6.07) is 17.6. The van der Waals surface area contributed by atoms with Crippen LogP contribution in [0.15, 0.2) is 72.7 Å². The van der Waals surface area contributed by atoms with Crippen LogP contribution in [0.1, 0.15) is 18.9 Å². The number of rotatable bonds is 8. The molecule has 9 heteroatoms. The summed E-state index contributed by atoms with van der Waals surface area (Å²) in [6.45, 7) is 2.33. The van der Waals surface area contributed by atoms with E-state index in [1.54, 1.807) is 6.08 Å². The van der Waals surface area contributed by atoms with Crippen molar-refractivity contribution in [3.8, 4) is 22.8 Å². The summed E-state index contributed by atoms with van der Waals surface area (Å²) in [6.07, 6.45) is 5.95. The molecule has 1 atom stereocenters. The number of hydrogen-bond acceptors (Lipinski definition) is 8. The number of aldehydes is 1. The smallest absolute Gasteiger partial charge is 0.164 e. The molecule has 1 unspecified atom stereocenters. The maximum Gasteiger partial charge on any atom is 0.164 e. The molecule has 9 nitrogen and oxygen atoms in total. The van der Waals surface area contributed by atoms with Gasteiger partial charge in [0.1, 0.15) is 35.6 Å². The zero-order valence-electron chi connectivity index (χ0n) is 21.1. The zero-order valence-corrected chi connectivity index (χ0v) is 21.1. The molecule has 0 spiro atoms. The third kappa shape index (κ3) is 5.31. The second-order valence-electron chi connectivity index (χ2n) is 9.46. The number of allylic oxidation sites excluding steroid dienone is 1. The Kier molecular flexibility index (Phi) is 7.14. The topological polar surface area (TPSA) is 102 Å². The minimum absolute atomic E-state index is 0.0807. The molecule has 1 aliphatic rings. The number of carbonyl (C=O) groups is 1. The van der Waals surface area contributed by atoms with Gasteiger partial charge in [-0.15, -0.1) is 0 Å². The van der Waals surface area contributed by atoms with Gasteiger partial charge in [-0.1, -0.05) is 18.2 Å². The van der Waals surface area contributed by atoms with Crippen molar-refractivity contribution in [3.63, 3.8) is 0 Å². The molecule has 4 aromatic rings. The lowest BCUT2D eigenvalue weighted by molar-refractivity contribution is -0.104. The number of aromatic nitrogens is 4. The number of ether oxygens (including phenoxy) is 1. The van der Waals surface area contributed by atoms with Gasteiger partial charge in [0.25, 0.3) is 0 Å². The Morgan fingerprint density at radius 3 is 2.59 bits per heavy atom. The van der Waals surface area contributed by atoms with Crippen molar-refractivity contribution < 1.29 is 9.53 Å². The summed E-state index contributed by atoms with van der Waals surface area (Å²) in [7, 11) is 4.01. The Morgan fingerprint density at radius 2 is 1.86 bits per heavy atom. The minimum atomic E-state index is 0.0807. The average Bonchev–Trinajstić information content (AvgIpc) is 3.30. The van der Waals surface area contributed by atoms with Crippen molar-refractivity contribution >= 4 is 23.1 Å². The van der Waals surface area contributed by atoms with Crippen LogP contribution in [-0.4, -0.2) is 69.6 Å². The fourth-order valence-electron chi connectivity index (χ4n) is 4.83. The van der Waals surface area contributed by atoms with E-state index in [2.05, 4.69) is 19.8 Å². The monoisotopic (exact) mass is 497 g/mol. The molecule has 37 heavy (non-hydrogen) atoms. The largest absolute Gasteiger partial charge is 0.457 e. The van der Waals surface area contributed by atoms with Crippen molar-refractivity contribution in [2.75, 3.05) is 39.5 Å². The van der Waals surface area contributed by atoms with E-state index in [0.29, 0.717) is 18.0 Å².